The van der Waals surface area contributed by atoms with E-state index in [-0.39, 0.29) is 29.9 Å². The number of amides is 3. The molecule has 3 unspecified atom stereocenters. The standard InChI is InChI=1S/C18H27N3O4S/c22-14(21-8-10-4-3-5-11(10)16(21)17(23)24)7-2-1-6-13-15-12(9-26-13)19-18(25)20-15/h10-13,15-16H,1-9H2,(H,23,24)(H2,19,20,25)/t10?,11?,12-,13-,15-,16?/m0/s1. The van der Waals surface area contributed by atoms with Gasteiger partial charge in [0, 0.05) is 24.0 Å². The van der Waals surface area contributed by atoms with Gasteiger partial charge in [0.15, 0.2) is 0 Å². The fourth-order valence-corrected chi connectivity index (χ4v) is 6.83. The minimum Gasteiger partial charge on any atom is -0.480 e. The van der Waals surface area contributed by atoms with E-state index in [2.05, 4.69) is 10.6 Å². The predicted molar refractivity (Wildman–Crippen MR) is 97.9 cm³/mol. The van der Waals surface area contributed by atoms with Crippen molar-refractivity contribution in [3.63, 3.8) is 0 Å². The normalized spacial score (nSPS) is 38.0. The number of aliphatic carboxylic acids is 1. The molecule has 7 nitrogen and oxygen atoms in total. The first-order valence-corrected chi connectivity index (χ1v) is 10.8. The molecule has 4 aliphatic rings. The zero-order valence-corrected chi connectivity index (χ0v) is 15.7. The molecular weight excluding hydrogens is 354 g/mol. The number of carbonyl (C=O) groups is 3. The van der Waals surface area contributed by atoms with Gasteiger partial charge < -0.3 is 20.6 Å². The van der Waals surface area contributed by atoms with E-state index in [1.165, 1.54) is 0 Å². The van der Waals surface area contributed by atoms with Crippen molar-refractivity contribution in [2.75, 3.05) is 12.3 Å². The van der Waals surface area contributed by atoms with Gasteiger partial charge in [0.05, 0.1) is 12.1 Å². The van der Waals surface area contributed by atoms with Gasteiger partial charge in [-0.1, -0.05) is 12.8 Å². The number of nitrogens with one attached hydrogen (secondary N) is 2. The van der Waals surface area contributed by atoms with Crippen LogP contribution in [0.25, 0.3) is 0 Å². The number of thioether (sulfide) groups is 1. The Balaban J connectivity index is 1.23. The summed E-state index contributed by atoms with van der Waals surface area (Å²) in [6.07, 6.45) is 6.21. The summed E-state index contributed by atoms with van der Waals surface area (Å²) in [5.74, 6) is 0.640. The molecule has 26 heavy (non-hydrogen) atoms. The Morgan fingerprint density at radius 2 is 2.08 bits per heavy atom. The smallest absolute Gasteiger partial charge is 0.326 e. The third-order valence-electron chi connectivity index (χ3n) is 6.53. The summed E-state index contributed by atoms with van der Waals surface area (Å²) in [4.78, 5) is 37.3. The number of nitrogens with zero attached hydrogens (tertiary/aromatic N) is 1. The van der Waals surface area contributed by atoms with Crippen LogP contribution < -0.4 is 10.6 Å². The number of carboxylic acid groups (broad SMARTS) is 1. The summed E-state index contributed by atoms with van der Waals surface area (Å²) in [6.45, 7) is 0.625. The molecule has 144 valence electrons. The highest BCUT2D eigenvalue weighted by Crippen LogP contribution is 2.42. The fourth-order valence-electron chi connectivity index (χ4n) is 5.29. The number of likely N-dealkylation sites (tertiary alicyclic amines) is 1. The molecule has 0 radical (unpaired) electrons. The van der Waals surface area contributed by atoms with E-state index >= 15 is 0 Å². The van der Waals surface area contributed by atoms with Crippen molar-refractivity contribution in [2.45, 2.75) is 68.3 Å². The van der Waals surface area contributed by atoms with Crippen LogP contribution >= 0.6 is 11.8 Å². The van der Waals surface area contributed by atoms with Gasteiger partial charge in [-0.2, -0.15) is 11.8 Å². The molecule has 1 saturated carbocycles. The molecule has 3 N–H and O–H groups in total. The van der Waals surface area contributed by atoms with E-state index < -0.39 is 12.0 Å². The van der Waals surface area contributed by atoms with Gasteiger partial charge in [-0.05, 0) is 37.5 Å². The molecule has 0 aromatic rings. The van der Waals surface area contributed by atoms with Crippen LogP contribution in [0.3, 0.4) is 0 Å². The first kappa shape index (κ1) is 17.9. The number of unbranched alkanes of at least 4 members (excludes halogenated alkanes) is 1. The average molecular weight is 381 g/mol. The van der Waals surface area contributed by atoms with Gasteiger partial charge in [-0.15, -0.1) is 0 Å². The van der Waals surface area contributed by atoms with Crippen LogP contribution in [-0.2, 0) is 9.59 Å². The van der Waals surface area contributed by atoms with Crippen LogP contribution in [0.5, 0.6) is 0 Å². The molecule has 3 saturated heterocycles. The van der Waals surface area contributed by atoms with Crippen molar-refractivity contribution < 1.29 is 19.5 Å². The minimum atomic E-state index is -0.842. The maximum Gasteiger partial charge on any atom is 0.326 e. The average Bonchev–Trinajstić information content (AvgIpc) is 3.31. The first-order chi connectivity index (χ1) is 12.5. The molecule has 1 aliphatic carbocycles. The van der Waals surface area contributed by atoms with Gasteiger partial charge in [0.1, 0.15) is 6.04 Å². The fraction of sp³-hybridized carbons (Fsp3) is 0.833. The number of rotatable bonds is 6. The summed E-state index contributed by atoms with van der Waals surface area (Å²) in [5, 5.41) is 15.9. The summed E-state index contributed by atoms with van der Waals surface area (Å²) >= 11 is 1.89. The second-order valence-electron chi connectivity index (χ2n) is 8.05. The predicted octanol–water partition coefficient (Wildman–Crippen LogP) is 1.42. The number of carboxylic acids is 1. The summed E-state index contributed by atoms with van der Waals surface area (Å²) in [5.41, 5.74) is 0. The Kier molecular flexibility index (Phi) is 5.03. The van der Waals surface area contributed by atoms with Crippen molar-refractivity contribution in [1.82, 2.24) is 15.5 Å². The molecule has 6 atom stereocenters. The van der Waals surface area contributed by atoms with Crippen molar-refractivity contribution in [1.29, 1.82) is 0 Å². The lowest BCUT2D eigenvalue weighted by atomic mass is 9.94. The Bertz CT molecular complexity index is 601. The maximum atomic E-state index is 12.6. The molecule has 3 heterocycles. The van der Waals surface area contributed by atoms with Crippen LogP contribution in [0.1, 0.15) is 44.9 Å². The molecular formula is C18H27N3O4S. The molecule has 0 aromatic carbocycles. The van der Waals surface area contributed by atoms with Crippen LogP contribution in [0.2, 0.25) is 0 Å². The number of fused-ring (bicyclic) bond motifs is 2. The second-order valence-corrected chi connectivity index (χ2v) is 9.32. The van der Waals surface area contributed by atoms with E-state index in [1.807, 2.05) is 11.8 Å². The van der Waals surface area contributed by atoms with E-state index in [9.17, 15) is 19.5 Å². The highest BCUT2D eigenvalue weighted by Gasteiger charge is 2.49. The summed E-state index contributed by atoms with van der Waals surface area (Å²) in [6, 6.07) is -0.238. The maximum absolute atomic E-state index is 12.6. The zero-order valence-electron chi connectivity index (χ0n) is 14.9. The molecule has 3 amide bonds. The number of urea groups is 1. The Labute approximate surface area is 157 Å². The van der Waals surface area contributed by atoms with Crippen LogP contribution in [0.4, 0.5) is 4.79 Å². The van der Waals surface area contributed by atoms with E-state index in [4.69, 9.17) is 0 Å². The molecule has 0 aromatic heterocycles. The van der Waals surface area contributed by atoms with E-state index in [1.54, 1.807) is 4.90 Å². The molecule has 0 bridgehead atoms. The van der Waals surface area contributed by atoms with Gasteiger partial charge in [-0.25, -0.2) is 9.59 Å². The van der Waals surface area contributed by atoms with Crippen molar-refractivity contribution in [2.24, 2.45) is 11.8 Å². The molecule has 3 aliphatic heterocycles. The van der Waals surface area contributed by atoms with E-state index in [0.717, 1.165) is 44.3 Å². The van der Waals surface area contributed by atoms with Crippen molar-refractivity contribution in [3.8, 4) is 0 Å². The van der Waals surface area contributed by atoms with Crippen LogP contribution in [-0.4, -0.2) is 63.6 Å². The number of carbonyl (C=O) groups excluding carboxylic acids is 2. The molecule has 4 rings (SSSR count). The van der Waals surface area contributed by atoms with Gasteiger partial charge in [-0.3, -0.25) is 4.79 Å². The minimum absolute atomic E-state index is 0.000382. The number of hydrogen-bond acceptors (Lipinski definition) is 4. The summed E-state index contributed by atoms with van der Waals surface area (Å²) in [7, 11) is 0. The quantitative estimate of drug-likeness (QED) is 0.477. The SMILES string of the molecule is O=C1N[C@H]2[C@H](CS[C@H]2CCCCC(=O)N2CC3CCCC3C2C(=O)O)N1. The molecule has 0 spiro atoms. The Morgan fingerprint density at radius 1 is 1.23 bits per heavy atom. The third-order valence-corrected chi connectivity index (χ3v) is 8.04. The van der Waals surface area contributed by atoms with Crippen LogP contribution in [0, 0.1) is 11.8 Å². The monoisotopic (exact) mass is 381 g/mol. The lowest BCUT2D eigenvalue weighted by Gasteiger charge is -2.24. The van der Waals surface area contributed by atoms with Crippen LogP contribution in [0.15, 0.2) is 0 Å². The second kappa shape index (κ2) is 7.29. The Hall–Kier alpha value is -1.44. The molecule has 4 fully saturated rings. The largest absolute Gasteiger partial charge is 0.480 e. The van der Waals surface area contributed by atoms with E-state index in [0.29, 0.717) is 24.1 Å². The highest BCUT2D eigenvalue weighted by molar-refractivity contribution is 8.00. The van der Waals surface area contributed by atoms with Gasteiger partial charge in [0.25, 0.3) is 0 Å². The molecule has 8 heteroatoms. The van der Waals surface area contributed by atoms with Crippen molar-refractivity contribution >= 4 is 29.7 Å². The topological polar surface area (TPSA) is 98.7 Å². The third kappa shape index (κ3) is 3.28. The highest BCUT2D eigenvalue weighted by atomic mass is 32.2. The van der Waals surface area contributed by atoms with Gasteiger partial charge >= 0.3 is 12.0 Å². The van der Waals surface area contributed by atoms with Gasteiger partial charge in [0.2, 0.25) is 5.91 Å². The van der Waals surface area contributed by atoms with Crippen molar-refractivity contribution in [3.05, 3.63) is 0 Å². The lowest BCUT2D eigenvalue weighted by molar-refractivity contribution is -0.149. The zero-order chi connectivity index (χ0) is 18.3. The first-order valence-electron chi connectivity index (χ1n) is 9.75. The lowest BCUT2D eigenvalue weighted by Crippen LogP contribution is -2.43. The summed E-state index contributed by atoms with van der Waals surface area (Å²) < 4.78 is 0. The Morgan fingerprint density at radius 3 is 2.88 bits per heavy atom. The number of hydrogen-bond donors (Lipinski definition) is 3.